The lowest BCUT2D eigenvalue weighted by Gasteiger charge is -2.29. The third kappa shape index (κ3) is 6.20. The van der Waals surface area contributed by atoms with Gasteiger partial charge in [0.2, 0.25) is 5.91 Å². The maximum atomic E-state index is 13.5. The first-order valence-corrected chi connectivity index (χ1v) is 16.2. The second-order valence-electron chi connectivity index (χ2n) is 12.6. The highest BCUT2D eigenvalue weighted by Crippen LogP contribution is 2.33. The maximum absolute atomic E-state index is 13.5. The molecule has 2 aliphatic rings. The Bertz CT molecular complexity index is 1870. The van der Waals surface area contributed by atoms with Crippen molar-refractivity contribution in [1.29, 1.82) is 0 Å². The number of fused-ring (bicyclic) bond motifs is 1. The van der Waals surface area contributed by atoms with E-state index in [1.165, 1.54) is 13.5 Å². The van der Waals surface area contributed by atoms with Crippen LogP contribution in [0.25, 0.3) is 44.8 Å². The minimum absolute atomic E-state index is 0.0896. The molecule has 7 rings (SSSR count). The number of alkyl carbamates (subject to hydrolysis) is 1. The molecule has 0 bridgehead atoms. The summed E-state index contributed by atoms with van der Waals surface area (Å²) in [6.07, 6.45) is 8.79. The average Bonchev–Trinajstić information content (AvgIpc) is 3.93. The highest BCUT2D eigenvalue weighted by molar-refractivity contribution is 5.86. The Morgan fingerprint density at radius 3 is 2.32 bits per heavy atom. The number of benzene rings is 2. The first-order chi connectivity index (χ1) is 22.9. The van der Waals surface area contributed by atoms with Gasteiger partial charge in [-0.1, -0.05) is 44.2 Å². The number of carbonyl (C=O) groups is 2. The molecule has 2 saturated heterocycles. The van der Waals surface area contributed by atoms with Crippen LogP contribution in [-0.2, 0) is 9.53 Å². The van der Waals surface area contributed by atoms with Gasteiger partial charge in [0, 0.05) is 29.4 Å². The zero-order valence-electron chi connectivity index (χ0n) is 26.8. The lowest BCUT2D eigenvalue weighted by atomic mass is 10.0. The lowest BCUT2D eigenvalue weighted by molar-refractivity contribution is -0.135. The summed E-state index contributed by atoms with van der Waals surface area (Å²) in [5, 5.41) is 6.19. The second-order valence-corrected chi connectivity index (χ2v) is 12.6. The van der Waals surface area contributed by atoms with Gasteiger partial charge >= 0.3 is 6.09 Å². The molecule has 2 aromatic carbocycles. The Morgan fingerprint density at radius 2 is 1.64 bits per heavy atom. The highest BCUT2D eigenvalue weighted by Gasteiger charge is 2.37. The van der Waals surface area contributed by atoms with Gasteiger partial charge in [-0.25, -0.2) is 14.8 Å². The first-order valence-electron chi connectivity index (χ1n) is 16.2. The van der Waals surface area contributed by atoms with Crippen LogP contribution in [0.15, 0.2) is 61.1 Å². The molecule has 5 aromatic rings. The van der Waals surface area contributed by atoms with Gasteiger partial charge in [0.25, 0.3) is 0 Å². The molecule has 0 saturated carbocycles. The average molecular weight is 634 g/mol. The molecule has 0 spiro atoms. The molecule has 2 fully saturated rings. The number of aromatic nitrogens is 6. The van der Waals surface area contributed by atoms with Crippen molar-refractivity contribution >= 4 is 23.0 Å². The Balaban J connectivity index is 1.03. The molecular formula is C35H39N9O3. The Kier molecular flexibility index (Phi) is 8.42. The number of rotatable bonds is 8. The summed E-state index contributed by atoms with van der Waals surface area (Å²) in [6, 6.07) is 13.6. The van der Waals surface area contributed by atoms with E-state index in [0.29, 0.717) is 12.6 Å². The van der Waals surface area contributed by atoms with Crippen LogP contribution < -0.4 is 10.6 Å². The molecule has 5 heterocycles. The number of hydrogen-bond acceptors (Lipinski definition) is 8. The zero-order valence-corrected chi connectivity index (χ0v) is 26.8. The molecule has 3 atom stereocenters. The summed E-state index contributed by atoms with van der Waals surface area (Å²) in [5.74, 6) is 1.51. The molecule has 2 amide bonds. The molecule has 0 radical (unpaired) electrons. The van der Waals surface area contributed by atoms with Gasteiger partial charge in [0.15, 0.2) is 0 Å². The van der Waals surface area contributed by atoms with Crippen molar-refractivity contribution in [2.45, 2.75) is 57.7 Å². The van der Waals surface area contributed by atoms with Crippen LogP contribution in [0.1, 0.15) is 63.3 Å². The number of methoxy groups -OCH3 is 1. The van der Waals surface area contributed by atoms with Crippen LogP contribution in [0, 0.1) is 5.92 Å². The van der Waals surface area contributed by atoms with Crippen molar-refractivity contribution < 1.29 is 14.3 Å². The molecule has 242 valence electrons. The standard InChI is InChI=1S/C35H39N9O3/c1-20(2)31(43-35(46)47-3)34(45)44-15-5-7-30(44)33-39-19-29(42-33)22-10-8-21(9-11-22)27-17-38-28(18-37-27)23-12-13-24-26(16-23)41-32(40-24)25-6-4-14-36-25/h8-13,16-20,25,30-31,36H,4-7,14-15H2,1-3H3,(H,39,42)(H,40,41)(H,43,46)/t25-,30-,31-/m0/s1. The van der Waals surface area contributed by atoms with Gasteiger partial charge in [0.05, 0.1) is 59.7 Å². The number of imidazole rings is 2. The second kappa shape index (κ2) is 13.0. The molecule has 0 unspecified atom stereocenters. The summed E-state index contributed by atoms with van der Waals surface area (Å²) in [7, 11) is 1.30. The van der Waals surface area contributed by atoms with Crippen molar-refractivity contribution in [3.63, 3.8) is 0 Å². The van der Waals surface area contributed by atoms with Gasteiger partial charge in [-0.05, 0) is 50.3 Å². The number of H-pyrrole nitrogens is 2. The molecule has 4 N–H and O–H groups in total. The van der Waals surface area contributed by atoms with E-state index in [-0.39, 0.29) is 17.9 Å². The first kappa shape index (κ1) is 30.5. The van der Waals surface area contributed by atoms with Crippen LogP contribution in [-0.4, -0.2) is 73.0 Å². The third-order valence-corrected chi connectivity index (χ3v) is 9.16. The minimum atomic E-state index is -0.672. The number of ether oxygens (including phenoxy) is 1. The third-order valence-electron chi connectivity index (χ3n) is 9.16. The minimum Gasteiger partial charge on any atom is -0.453 e. The predicted octanol–water partition coefficient (Wildman–Crippen LogP) is 5.55. The molecule has 12 heteroatoms. The van der Waals surface area contributed by atoms with Gasteiger partial charge < -0.3 is 30.2 Å². The monoisotopic (exact) mass is 633 g/mol. The largest absolute Gasteiger partial charge is 0.453 e. The van der Waals surface area contributed by atoms with Crippen LogP contribution in [0.3, 0.4) is 0 Å². The van der Waals surface area contributed by atoms with Crippen LogP contribution >= 0.6 is 0 Å². The Hall–Kier alpha value is -5.10. The quantitative estimate of drug-likeness (QED) is 0.174. The fourth-order valence-corrected chi connectivity index (χ4v) is 6.56. The molecule has 12 nitrogen and oxygen atoms in total. The molecule has 3 aromatic heterocycles. The topological polar surface area (TPSA) is 154 Å². The van der Waals surface area contributed by atoms with Crippen LogP contribution in [0.5, 0.6) is 0 Å². The van der Waals surface area contributed by atoms with E-state index < -0.39 is 12.1 Å². The van der Waals surface area contributed by atoms with Crippen molar-refractivity contribution in [2.24, 2.45) is 5.92 Å². The van der Waals surface area contributed by atoms with Crippen molar-refractivity contribution in [1.82, 2.24) is 45.4 Å². The fourth-order valence-electron chi connectivity index (χ4n) is 6.56. The lowest BCUT2D eigenvalue weighted by Crippen LogP contribution is -2.51. The van der Waals surface area contributed by atoms with Gasteiger partial charge in [-0.3, -0.25) is 14.8 Å². The van der Waals surface area contributed by atoms with Crippen LogP contribution in [0.4, 0.5) is 4.79 Å². The zero-order chi connectivity index (χ0) is 32.5. The normalized spacial score (nSPS) is 18.6. The number of likely N-dealkylation sites (tertiary alicyclic amines) is 1. The summed E-state index contributed by atoms with van der Waals surface area (Å²) in [4.78, 5) is 53.0. The maximum Gasteiger partial charge on any atom is 0.407 e. The molecule has 0 aliphatic carbocycles. The number of aromatic amines is 2. The predicted molar refractivity (Wildman–Crippen MR) is 178 cm³/mol. The van der Waals surface area contributed by atoms with Gasteiger partial charge in [0.1, 0.15) is 17.7 Å². The SMILES string of the molecule is COC(=O)N[C@H](C(=O)N1CCC[C@H]1c1nc(-c2ccc(-c3cnc(-c4ccc5nc([C@@H]6CCCN6)[nH]c5c4)cn3)cc2)c[nH]1)C(C)C. The Morgan fingerprint density at radius 1 is 0.915 bits per heavy atom. The van der Waals surface area contributed by atoms with Crippen molar-refractivity contribution in [2.75, 3.05) is 20.2 Å². The summed E-state index contributed by atoms with van der Waals surface area (Å²) < 4.78 is 4.74. The van der Waals surface area contributed by atoms with Crippen molar-refractivity contribution in [3.8, 4) is 33.8 Å². The van der Waals surface area contributed by atoms with Gasteiger partial charge in [-0.15, -0.1) is 0 Å². The molecular weight excluding hydrogens is 594 g/mol. The van der Waals surface area contributed by atoms with Gasteiger partial charge in [-0.2, -0.15) is 0 Å². The Labute approximate surface area is 272 Å². The summed E-state index contributed by atoms with van der Waals surface area (Å²) in [5.41, 5.74) is 7.20. The molecule has 47 heavy (non-hydrogen) atoms. The molecule has 2 aliphatic heterocycles. The van der Waals surface area contributed by atoms with E-state index in [1.54, 1.807) is 12.4 Å². The van der Waals surface area contributed by atoms with E-state index >= 15 is 0 Å². The number of carbonyl (C=O) groups excluding carboxylic acids is 2. The summed E-state index contributed by atoms with van der Waals surface area (Å²) in [6.45, 7) is 5.45. The summed E-state index contributed by atoms with van der Waals surface area (Å²) >= 11 is 0. The van der Waals surface area contributed by atoms with E-state index in [4.69, 9.17) is 24.7 Å². The van der Waals surface area contributed by atoms with Crippen molar-refractivity contribution in [3.05, 3.63) is 72.7 Å². The van der Waals surface area contributed by atoms with Crippen LogP contribution in [0.2, 0.25) is 0 Å². The number of amides is 2. The van der Waals surface area contributed by atoms with E-state index in [9.17, 15) is 9.59 Å². The number of nitrogens with zero attached hydrogens (tertiary/aromatic N) is 5. The van der Waals surface area contributed by atoms with E-state index in [0.717, 1.165) is 82.3 Å². The van der Waals surface area contributed by atoms with E-state index in [1.807, 2.05) is 61.3 Å². The van der Waals surface area contributed by atoms with E-state index in [2.05, 4.69) is 26.7 Å². The number of nitrogens with one attached hydrogen (secondary N) is 4. The highest BCUT2D eigenvalue weighted by atomic mass is 16.5. The fraction of sp³-hybridized carbons (Fsp3) is 0.371. The smallest absolute Gasteiger partial charge is 0.407 e. The number of hydrogen-bond donors (Lipinski definition) is 4.